The first-order valence-corrected chi connectivity index (χ1v) is 5.96. The van der Waals surface area contributed by atoms with Crippen molar-refractivity contribution in [3.05, 3.63) is 58.9 Å². The van der Waals surface area contributed by atoms with Gasteiger partial charge in [-0.25, -0.2) is 4.98 Å². The van der Waals surface area contributed by atoms with E-state index >= 15 is 0 Å². The molecule has 6 nitrogen and oxygen atoms in total. The molecule has 0 bridgehead atoms. The molecule has 0 saturated heterocycles. The lowest BCUT2D eigenvalue weighted by molar-refractivity contribution is 0.0845. The summed E-state index contributed by atoms with van der Waals surface area (Å²) in [6, 6.07) is 8.92. The minimum Gasteiger partial charge on any atom is -0.507 e. The van der Waals surface area contributed by atoms with Gasteiger partial charge in [-0.3, -0.25) is 20.4 Å². The Morgan fingerprint density at radius 1 is 1.05 bits per heavy atom. The van der Waals surface area contributed by atoms with Gasteiger partial charge in [0.2, 0.25) is 0 Å². The Kier molecular flexibility index (Phi) is 4.17. The second kappa shape index (κ2) is 6.03. The number of carbonyl (C=O) groups is 2. The van der Waals surface area contributed by atoms with Crippen molar-refractivity contribution < 1.29 is 14.7 Å². The molecule has 1 heterocycles. The minimum absolute atomic E-state index is 0.0574. The first kappa shape index (κ1) is 13.8. The number of hydrogen-bond acceptors (Lipinski definition) is 4. The van der Waals surface area contributed by atoms with E-state index in [-0.39, 0.29) is 22.0 Å². The minimum atomic E-state index is -0.627. The largest absolute Gasteiger partial charge is 0.507 e. The molecule has 7 heteroatoms. The van der Waals surface area contributed by atoms with E-state index in [9.17, 15) is 14.7 Å². The Morgan fingerprint density at radius 2 is 1.75 bits per heavy atom. The molecular formula is C13H10ClN3O3. The topological polar surface area (TPSA) is 91.3 Å². The van der Waals surface area contributed by atoms with Crippen molar-refractivity contribution in [3.63, 3.8) is 0 Å². The Labute approximate surface area is 119 Å². The molecule has 0 aliphatic rings. The predicted molar refractivity (Wildman–Crippen MR) is 72.3 cm³/mol. The van der Waals surface area contributed by atoms with Crippen LogP contribution in [-0.2, 0) is 0 Å². The SMILES string of the molecule is O=C(NNC(=O)c1ccccc1O)c1ccc(Cl)nc1. The van der Waals surface area contributed by atoms with Gasteiger partial charge >= 0.3 is 0 Å². The normalized spacial score (nSPS) is 9.85. The number of aromatic nitrogens is 1. The predicted octanol–water partition coefficient (Wildman–Crippen LogP) is 1.52. The number of phenols is 1. The summed E-state index contributed by atoms with van der Waals surface area (Å²) in [6.45, 7) is 0. The number of phenolic OH excluding ortho intramolecular Hbond substituents is 1. The van der Waals surface area contributed by atoms with Gasteiger partial charge < -0.3 is 5.11 Å². The van der Waals surface area contributed by atoms with E-state index in [1.165, 1.54) is 30.5 Å². The van der Waals surface area contributed by atoms with Gasteiger partial charge in [-0.15, -0.1) is 0 Å². The van der Waals surface area contributed by atoms with E-state index in [2.05, 4.69) is 15.8 Å². The molecule has 0 saturated carbocycles. The number of amides is 2. The summed E-state index contributed by atoms with van der Waals surface area (Å²) in [5, 5.41) is 9.76. The monoisotopic (exact) mass is 291 g/mol. The third-order valence-corrected chi connectivity index (χ3v) is 2.65. The number of nitrogens with zero attached hydrogens (tertiary/aromatic N) is 1. The van der Waals surface area contributed by atoms with E-state index in [1.54, 1.807) is 12.1 Å². The number of nitrogens with one attached hydrogen (secondary N) is 2. The molecule has 1 aromatic carbocycles. The van der Waals surface area contributed by atoms with Gasteiger partial charge in [0.15, 0.2) is 0 Å². The number of aromatic hydroxyl groups is 1. The van der Waals surface area contributed by atoms with Crippen LogP contribution in [0.4, 0.5) is 0 Å². The van der Waals surface area contributed by atoms with Gasteiger partial charge in [0.25, 0.3) is 11.8 Å². The Bertz CT molecular complexity index is 644. The number of carbonyl (C=O) groups excluding carboxylic acids is 2. The highest BCUT2D eigenvalue weighted by Gasteiger charge is 2.12. The molecule has 0 aliphatic carbocycles. The maximum absolute atomic E-state index is 11.7. The Hall–Kier alpha value is -2.60. The maximum Gasteiger partial charge on any atom is 0.273 e. The van der Waals surface area contributed by atoms with Crippen molar-refractivity contribution in [1.29, 1.82) is 0 Å². The standard InChI is InChI=1S/C13H10ClN3O3/c14-11-6-5-8(7-15-11)12(19)16-17-13(20)9-3-1-2-4-10(9)18/h1-7,18H,(H,16,19)(H,17,20). The molecule has 0 atom stereocenters. The van der Waals surface area contributed by atoms with Gasteiger partial charge in [-0.1, -0.05) is 23.7 Å². The Morgan fingerprint density at radius 3 is 2.40 bits per heavy atom. The molecule has 0 aliphatic heterocycles. The number of hydrogen-bond donors (Lipinski definition) is 3. The molecule has 1 aromatic heterocycles. The number of halogens is 1. The molecule has 3 N–H and O–H groups in total. The van der Waals surface area contributed by atoms with Crippen molar-refractivity contribution in [2.75, 3.05) is 0 Å². The molecule has 0 fully saturated rings. The van der Waals surface area contributed by atoms with Crippen LogP contribution in [0.5, 0.6) is 5.75 Å². The van der Waals surface area contributed by atoms with Crippen molar-refractivity contribution in [1.82, 2.24) is 15.8 Å². The molecule has 0 unspecified atom stereocenters. The fourth-order valence-corrected chi connectivity index (χ4v) is 1.54. The average Bonchev–Trinajstić information content (AvgIpc) is 2.45. The zero-order chi connectivity index (χ0) is 14.5. The van der Waals surface area contributed by atoms with Gasteiger partial charge in [0.05, 0.1) is 11.1 Å². The zero-order valence-corrected chi connectivity index (χ0v) is 10.9. The van der Waals surface area contributed by atoms with Crippen LogP contribution >= 0.6 is 11.6 Å². The van der Waals surface area contributed by atoms with Crippen LogP contribution in [0.15, 0.2) is 42.6 Å². The van der Waals surface area contributed by atoms with Crippen molar-refractivity contribution in [2.24, 2.45) is 0 Å². The molecule has 2 rings (SSSR count). The quantitative estimate of drug-likeness (QED) is 0.578. The van der Waals surface area contributed by atoms with Crippen LogP contribution in [0.25, 0.3) is 0 Å². The summed E-state index contributed by atoms with van der Waals surface area (Å²) in [5.74, 6) is -1.34. The summed E-state index contributed by atoms with van der Waals surface area (Å²) < 4.78 is 0. The molecule has 2 aromatic rings. The second-order valence-corrected chi connectivity index (χ2v) is 4.18. The summed E-state index contributed by atoms with van der Waals surface area (Å²) in [5.41, 5.74) is 4.70. The average molecular weight is 292 g/mol. The maximum atomic E-state index is 11.7. The lowest BCUT2D eigenvalue weighted by atomic mass is 10.2. The lowest BCUT2D eigenvalue weighted by Crippen LogP contribution is -2.41. The van der Waals surface area contributed by atoms with Crippen molar-refractivity contribution in [2.45, 2.75) is 0 Å². The smallest absolute Gasteiger partial charge is 0.273 e. The number of pyridine rings is 1. The number of rotatable bonds is 2. The molecule has 2 amide bonds. The van der Waals surface area contributed by atoms with E-state index in [4.69, 9.17) is 11.6 Å². The van der Waals surface area contributed by atoms with Gasteiger partial charge in [0.1, 0.15) is 10.9 Å². The van der Waals surface area contributed by atoms with Gasteiger partial charge in [-0.2, -0.15) is 0 Å². The summed E-state index contributed by atoms with van der Waals surface area (Å²) in [4.78, 5) is 27.2. The number of para-hydroxylation sites is 1. The molecule has 0 radical (unpaired) electrons. The van der Waals surface area contributed by atoms with Crippen LogP contribution in [0.1, 0.15) is 20.7 Å². The van der Waals surface area contributed by atoms with Gasteiger partial charge in [-0.05, 0) is 24.3 Å². The Balaban J connectivity index is 1.99. The van der Waals surface area contributed by atoms with E-state index in [0.29, 0.717) is 0 Å². The van der Waals surface area contributed by atoms with Crippen molar-refractivity contribution >= 4 is 23.4 Å². The van der Waals surface area contributed by atoms with Crippen LogP contribution in [0, 0.1) is 0 Å². The van der Waals surface area contributed by atoms with E-state index in [1.807, 2.05) is 0 Å². The fraction of sp³-hybridized carbons (Fsp3) is 0. The van der Waals surface area contributed by atoms with Crippen LogP contribution in [-0.4, -0.2) is 21.9 Å². The van der Waals surface area contributed by atoms with E-state index in [0.717, 1.165) is 0 Å². The lowest BCUT2D eigenvalue weighted by Gasteiger charge is -2.08. The van der Waals surface area contributed by atoms with Crippen LogP contribution < -0.4 is 10.9 Å². The summed E-state index contributed by atoms with van der Waals surface area (Å²) >= 11 is 5.60. The molecular weight excluding hydrogens is 282 g/mol. The van der Waals surface area contributed by atoms with Crippen LogP contribution in [0.2, 0.25) is 5.15 Å². The highest BCUT2D eigenvalue weighted by Crippen LogP contribution is 2.14. The van der Waals surface area contributed by atoms with Crippen LogP contribution in [0.3, 0.4) is 0 Å². The highest BCUT2D eigenvalue weighted by atomic mass is 35.5. The third kappa shape index (κ3) is 3.24. The first-order chi connectivity index (χ1) is 9.58. The summed E-state index contributed by atoms with van der Waals surface area (Å²) in [6.07, 6.45) is 1.28. The van der Waals surface area contributed by atoms with Crippen molar-refractivity contribution in [3.8, 4) is 5.75 Å². The number of benzene rings is 1. The zero-order valence-electron chi connectivity index (χ0n) is 10.1. The first-order valence-electron chi connectivity index (χ1n) is 5.58. The fourth-order valence-electron chi connectivity index (χ4n) is 1.43. The number of hydrazine groups is 1. The third-order valence-electron chi connectivity index (χ3n) is 2.43. The molecule has 102 valence electrons. The van der Waals surface area contributed by atoms with Gasteiger partial charge in [0, 0.05) is 6.20 Å². The highest BCUT2D eigenvalue weighted by molar-refractivity contribution is 6.29. The molecule has 0 spiro atoms. The summed E-state index contributed by atoms with van der Waals surface area (Å²) in [7, 11) is 0. The second-order valence-electron chi connectivity index (χ2n) is 3.79. The van der Waals surface area contributed by atoms with E-state index < -0.39 is 11.8 Å². The molecule has 20 heavy (non-hydrogen) atoms.